The maximum Gasteiger partial charge on any atom is 0.420 e. The average molecular weight is 246 g/mol. The van der Waals surface area contributed by atoms with Crippen LogP contribution in [0.3, 0.4) is 0 Å². The second kappa shape index (κ2) is 4.99. The Morgan fingerprint density at radius 2 is 1.88 bits per heavy atom. The molecule has 0 aromatic heterocycles. The first kappa shape index (κ1) is 13.2. The predicted octanol–water partition coefficient (Wildman–Crippen LogP) is 2.73. The maximum atomic E-state index is 12.7. The van der Waals surface area contributed by atoms with Gasteiger partial charge in [-0.1, -0.05) is 0 Å². The third-order valence-electron chi connectivity index (χ3n) is 2.00. The number of halogens is 3. The molecule has 92 valence electrons. The van der Waals surface area contributed by atoms with Crippen LogP contribution in [-0.4, -0.2) is 19.2 Å². The van der Waals surface area contributed by atoms with Crippen LogP contribution in [0, 0.1) is 0 Å². The highest BCUT2D eigenvalue weighted by molar-refractivity contribution is 5.86. The number of alkyl halides is 3. The SMILES string of the molecule is CCOc1c(C=O)cc(C=O)cc1C(F)(F)F. The zero-order chi connectivity index (χ0) is 13.1. The summed E-state index contributed by atoms with van der Waals surface area (Å²) in [5.74, 6) is -0.541. The number of ether oxygens (including phenoxy) is 1. The van der Waals surface area contributed by atoms with Gasteiger partial charge in [-0.25, -0.2) is 0 Å². The van der Waals surface area contributed by atoms with Gasteiger partial charge in [-0.3, -0.25) is 9.59 Å². The monoisotopic (exact) mass is 246 g/mol. The molecule has 0 radical (unpaired) electrons. The minimum Gasteiger partial charge on any atom is -0.492 e. The van der Waals surface area contributed by atoms with E-state index >= 15 is 0 Å². The first-order valence-corrected chi connectivity index (χ1v) is 4.72. The molecule has 0 unspecified atom stereocenters. The van der Waals surface area contributed by atoms with E-state index in [9.17, 15) is 22.8 Å². The number of hydrogen-bond donors (Lipinski definition) is 0. The molecule has 0 atom stereocenters. The number of benzene rings is 1. The summed E-state index contributed by atoms with van der Waals surface area (Å²) in [5.41, 5.74) is -1.63. The Labute approximate surface area is 95.2 Å². The molecule has 0 fully saturated rings. The van der Waals surface area contributed by atoms with Gasteiger partial charge in [0.25, 0.3) is 0 Å². The lowest BCUT2D eigenvalue weighted by Gasteiger charge is -2.15. The molecule has 0 aliphatic heterocycles. The summed E-state index contributed by atoms with van der Waals surface area (Å²) in [6.07, 6.45) is -4.20. The van der Waals surface area contributed by atoms with Crippen LogP contribution < -0.4 is 4.74 Å². The summed E-state index contributed by atoms with van der Waals surface area (Å²) in [6.45, 7) is 1.49. The lowest BCUT2D eigenvalue weighted by Crippen LogP contribution is -2.11. The second-order valence-electron chi connectivity index (χ2n) is 3.15. The molecular weight excluding hydrogens is 237 g/mol. The number of rotatable bonds is 4. The third kappa shape index (κ3) is 2.83. The summed E-state index contributed by atoms with van der Waals surface area (Å²) >= 11 is 0. The van der Waals surface area contributed by atoms with Gasteiger partial charge in [0.15, 0.2) is 6.29 Å². The van der Waals surface area contributed by atoms with Crippen molar-refractivity contribution in [2.45, 2.75) is 13.1 Å². The number of carbonyl (C=O) groups excluding carboxylic acids is 2. The van der Waals surface area contributed by atoms with Gasteiger partial charge in [0.1, 0.15) is 12.0 Å². The van der Waals surface area contributed by atoms with E-state index in [0.717, 1.165) is 6.07 Å². The van der Waals surface area contributed by atoms with Crippen molar-refractivity contribution >= 4 is 12.6 Å². The number of aldehydes is 2. The van der Waals surface area contributed by atoms with Crippen LogP contribution in [0.4, 0.5) is 13.2 Å². The van der Waals surface area contributed by atoms with E-state index < -0.39 is 17.5 Å². The van der Waals surface area contributed by atoms with Gasteiger partial charge in [0.2, 0.25) is 0 Å². The zero-order valence-electron chi connectivity index (χ0n) is 8.88. The fraction of sp³-hybridized carbons (Fsp3) is 0.273. The quantitative estimate of drug-likeness (QED) is 0.767. The molecule has 0 amide bonds. The lowest BCUT2D eigenvalue weighted by atomic mass is 10.0. The standard InChI is InChI=1S/C11H9F3O3/c1-2-17-10-8(6-16)3-7(5-15)4-9(10)11(12,13)14/h3-6H,2H2,1H3. The molecule has 0 N–H and O–H groups in total. The highest BCUT2D eigenvalue weighted by Crippen LogP contribution is 2.38. The Bertz CT molecular complexity index is 438. The highest BCUT2D eigenvalue weighted by atomic mass is 19.4. The van der Waals surface area contributed by atoms with Crippen molar-refractivity contribution in [3.63, 3.8) is 0 Å². The predicted molar refractivity (Wildman–Crippen MR) is 53.4 cm³/mol. The smallest absolute Gasteiger partial charge is 0.420 e. The minimum absolute atomic E-state index is 0.00957. The molecule has 1 aromatic carbocycles. The Morgan fingerprint density at radius 3 is 2.29 bits per heavy atom. The van der Waals surface area contributed by atoms with Crippen LogP contribution in [0.15, 0.2) is 12.1 Å². The van der Waals surface area contributed by atoms with E-state index in [-0.39, 0.29) is 30.3 Å². The van der Waals surface area contributed by atoms with E-state index in [1.54, 1.807) is 0 Å². The molecule has 17 heavy (non-hydrogen) atoms. The molecule has 0 spiro atoms. The Hall–Kier alpha value is -1.85. The molecule has 1 aromatic rings. The maximum absolute atomic E-state index is 12.7. The molecule has 6 heteroatoms. The van der Waals surface area contributed by atoms with Crippen molar-refractivity contribution in [3.05, 3.63) is 28.8 Å². The van der Waals surface area contributed by atoms with Crippen molar-refractivity contribution in [1.29, 1.82) is 0 Å². The largest absolute Gasteiger partial charge is 0.492 e. The zero-order valence-corrected chi connectivity index (χ0v) is 8.88. The minimum atomic E-state index is -4.68. The molecule has 0 aliphatic rings. The van der Waals surface area contributed by atoms with Gasteiger partial charge < -0.3 is 4.74 Å². The molecule has 0 saturated carbocycles. The Morgan fingerprint density at radius 1 is 1.24 bits per heavy atom. The molecule has 0 heterocycles. The van der Waals surface area contributed by atoms with Crippen molar-refractivity contribution in [2.75, 3.05) is 6.61 Å². The normalized spacial score (nSPS) is 11.1. The van der Waals surface area contributed by atoms with Crippen LogP contribution in [0.25, 0.3) is 0 Å². The first-order chi connectivity index (χ1) is 7.93. The summed E-state index contributed by atoms with van der Waals surface area (Å²) < 4.78 is 42.9. The fourth-order valence-electron chi connectivity index (χ4n) is 1.35. The first-order valence-electron chi connectivity index (χ1n) is 4.72. The van der Waals surface area contributed by atoms with Crippen molar-refractivity contribution in [3.8, 4) is 5.75 Å². The molecule has 0 saturated heterocycles. The number of hydrogen-bond acceptors (Lipinski definition) is 3. The van der Waals surface area contributed by atoms with Gasteiger partial charge in [-0.15, -0.1) is 0 Å². The van der Waals surface area contributed by atoms with Crippen LogP contribution >= 0.6 is 0 Å². The van der Waals surface area contributed by atoms with E-state index in [1.165, 1.54) is 6.92 Å². The third-order valence-corrected chi connectivity index (χ3v) is 2.00. The van der Waals surface area contributed by atoms with E-state index in [1.807, 2.05) is 0 Å². The molecule has 3 nitrogen and oxygen atoms in total. The lowest BCUT2D eigenvalue weighted by molar-refractivity contribution is -0.138. The number of carbonyl (C=O) groups is 2. The van der Waals surface area contributed by atoms with Crippen LogP contribution in [0.5, 0.6) is 5.75 Å². The average Bonchev–Trinajstić information content (AvgIpc) is 2.28. The van der Waals surface area contributed by atoms with Crippen molar-refractivity contribution < 1.29 is 27.5 Å². The van der Waals surface area contributed by atoms with Crippen LogP contribution in [0.1, 0.15) is 33.2 Å². The van der Waals surface area contributed by atoms with Crippen LogP contribution in [0.2, 0.25) is 0 Å². The Kier molecular flexibility index (Phi) is 3.88. The van der Waals surface area contributed by atoms with Gasteiger partial charge in [-0.2, -0.15) is 13.2 Å². The van der Waals surface area contributed by atoms with E-state index in [0.29, 0.717) is 6.07 Å². The Balaban J connectivity index is 3.51. The molecule has 1 rings (SSSR count). The summed E-state index contributed by atoms with van der Waals surface area (Å²) in [6, 6.07) is 1.71. The van der Waals surface area contributed by atoms with Gasteiger partial charge in [-0.05, 0) is 19.1 Å². The van der Waals surface area contributed by atoms with Gasteiger partial charge in [0.05, 0.1) is 17.7 Å². The molecule has 0 bridgehead atoms. The topological polar surface area (TPSA) is 43.4 Å². The van der Waals surface area contributed by atoms with Crippen molar-refractivity contribution in [1.82, 2.24) is 0 Å². The van der Waals surface area contributed by atoms with E-state index in [2.05, 4.69) is 0 Å². The summed E-state index contributed by atoms with van der Waals surface area (Å²) in [4.78, 5) is 21.2. The second-order valence-corrected chi connectivity index (χ2v) is 3.15. The fourth-order valence-corrected chi connectivity index (χ4v) is 1.35. The highest BCUT2D eigenvalue weighted by Gasteiger charge is 2.36. The van der Waals surface area contributed by atoms with E-state index in [4.69, 9.17) is 4.74 Å². The molecule has 0 aliphatic carbocycles. The molecular formula is C11H9F3O3. The summed E-state index contributed by atoms with van der Waals surface area (Å²) in [7, 11) is 0. The van der Waals surface area contributed by atoms with Gasteiger partial charge >= 0.3 is 6.18 Å². The van der Waals surface area contributed by atoms with Crippen molar-refractivity contribution in [2.24, 2.45) is 0 Å². The summed E-state index contributed by atoms with van der Waals surface area (Å²) in [5, 5.41) is 0. The van der Waals surface area contributed by atoms with Crippen LogP contribution in [-0.2, 0) is 6.18 Å². The van der Waals surface area contributed by atoms with Gasteiger partial charge in [0, 0.05) is 5.56 Å².